The van der Waals surface area contributed by atoms with Crippen molar-refractivity contribution in [2.45, 2.75) is 13.8 Å². The molecule has 0 radical (unpaired) electrons. The first kappa shape index (κ1) is 30.5. The van der Waals surface area contributed by atoms with Crippen LogP contribution in [0, 0.1) is 17.9 Å². The van der Waals surface area contributed by atoms with Crippen LogP contribution in [-0.2, 0) is 4.79 Å². The highest BCUT2D eigenvalue weighted by Gasteiger charge is 2.25. The number of rotatable bonds is 9. The molecular formula is C29H42N8O. The molecule has 2 aliphatic rings. The van der Waals surface area contributed by atoms with Crippen molar-refractivity contribution in [2.75, 3.05) is 68.0 Å². The zero-order chi connectivity index (χ0) is 28.1. The van der Waals surface area contributed by atoms with E-state index >= 15 is 0 Å². The van der Waals surface area contributed by atoms with E-state index in [2.05, 4.69) is 46.9 Å². The number of piperazine rings is 1. The van der Waals surface area contributed by atoms with Crippen molar-refractivity contribution in [1.82, 2.24) is 25.0 Å². The van der Waals surface area contributed by atoms with Crippen LogP contribution in [0.1, 0.15) is 13.8 Å². The fourth-order valence-electron chi connectivity index (χ4n) is 3.64. The summed E-state index contributed by atoms with van der Waals surface area (Å²) in [6, 6.07) is 2.86. The summed E-state index contributed by atoms with van der Waals surface area (Å²) in [6.07, 6.45) is 13.3. The molecule has 1 N–H and O–H groups in total. The molecule has 38 heavy (non-hydrogen) atoms. The van der Waals surface area contributed by atoms with E-state index in [0.717, 1.165) is 30.1 Å². The maximum atomic E-state index is 13.3. The van der Waals surface area contributed by atoms with Crippen LogP contribution in [-0.4, -0.2) is 111 Å². The van der Waals surface area contributed by atoms with Crippen LogP contribution in [0.15, 0.2) is 75.1 Å². The van der Waals surface area contributed by atoms with Crippen LogP contribution in [0.3, 0.4) is 0 Å². The minimum Gasteiger partial charge on any atom is -0.358 e. The van der Waals surface area contributed by atoms with Crippen LogP contribution >= 0.6 is 0 Å². The lowest BCUT2D eigenvalue weighted by Gasteiger charge is -2.33. The fraction of sp³-hybridized carbons (Fsp3) is 0.448. The molecule has 2 aliphatic heterocycles. The van der Waals surface area contributed by atoms with Gasteiger partial charge in [-0.2, -0.15) is 5.10 Å². The summed E-state index contributed by atoms with van der Waals surface area (Å²) in [5.41, 5.74) is 3.00. The van der Waals surface area contributed by atoms with Gasteiger partial charge in [0.1, 0.15) is 0 Å². The molecule has 1 saturated heterocycles. The van der Waals surface area contributed by atoms with Gasteiger partial charge in [-0.25, -0.2) is 9.98 Å². The maximum absolute atomic E-state index is 13.3. The van der Waals surface area contributed by atoms with Crippen LogP contribution in [0.2, 0.25) is 0 Å². The Labute approximate surface area is 228 Å². The number of amidine groups is 1. The van der Waals surface area contributed by atoms with Crippen molar-refractivity contribution >= 4 is 23.7 Å². The van der Waals surface area contributed by atoms with E-state index in [4.69, 9.17) is 10.1 Å². The van der Waals surface area contributed by atoms with Gasteiger partial charge in [-0.05, 0) is 45.7 Å². The van der Waals surface area contributed by atoms with Gasteiger partial charge in [0.05, 0.1) is 29.2 Å². The van der Waals surface area contributed by atoms with Gasteiger partial charge in [0.2, 0.25) is 0 Å². The summed E-state index contributed by atoms with van der Waals surface area (Å²) in [5.74, 6) is 3.05. The first-order valence-electron chi connectivity index (χ1n) is 12.8. The van der Waals surface area contributed by atoms with Crippen LogP contribution in [0.4, 0.5) is 0 Å². The van der Waals surface area contributed by atoms with Crippen molar-refractivity contribution < 1.29 is 4.79 Å². The summed E-state index contributed by atoms with van der Waals surface area (Å²) >= 11 is 0. The maximum Gasteiger partial charge on any atom is 0.289 e. The molecule has 0 aliphatic carbocycles. The highest BCUT2D eigenvalue weighted by Crippen LogP contribution is 2.17. The molecule has 0 aromatic carbocycles. The zero-order valence-corrected chi connectivity index (χ0v) is 23.9. The summed E-state index contributed by atoms with van der Waals surface area (Å²) < 4.78 is 0. The van der Waals surface area contributed by atoms with E-state index in [1.807, 2.05) is 77.3 Å². The molecule has 0 aromatic heterocycles. The van der Waals surface area contributed by atoms with E-state index in [-0.39, 0.29) is 11.8 Å². The minimum absolute atomic E-state index is 0.0953. The number of allylic oxidation sites excluding steroid dienone is 7. The Morgan fingerprint density at radius 3 is 2.61 bits per heavy atom. The Bertz CT molecular complexity index is 1120. The van der Waals surface area contributed by atoms with Crippen molar-refractivity contribution in [3.63, 3.8) is 0 Å². The summed E-state index contributed by atoms with van der Waals surface area (Å²) in [7, 11) is 9.47. The topological polar surface area (TPSA) is 79.1 Å². The average Bonchev–Trinajstić information content (AvgIpc) is 3.14. The van der Waals surface area contributed by atoms with Crippen LogP contribution in [0.25, 0.3) is 0 Å². The van der Waals surface area contributed by atoms with Crippen molar-refractivity contribution in [1.29, 1.82) is 0 Å². The zero-order valence-electron chi connectivity index (χ0n) is 23.9. The molecular weight excluding hydrogens is 476 g/mol. The quantitative estimate of drug-likeness (QED) is 0.167. The number of carbonyl (C=O) groups excluding carboxylic acids is 1. The van der Waals surface area contributed by atoms with Crippen LogP contribution in [0.5, 0.6) is 0 Å². The standard InChI is InChI=1S/C29H42N8O/c1-9-10-11-12-24(3)36(8)33-27(23(2)13-15-30-4)25-14-16-31-22-26(21-25)32-28(34(5)6)29(38)37-19-17-35(7)18-20-37/h9-13,21-22,25,30H,3,15,17-20H2,1-2,4-8H3/b10-9-,12-11-,23-13+,32-28?,33-27+. The number of likely N-dealkylation sites (N-methyl/N-ethyl adjacent to an activating group) is 4. The van der Waals surface area contributed by atoms with E-state index < -0.39 is 0 Å². The summed E-state index contributed by atoms with van der Waals surface area (Å²) in [6.45, 7) is 11.8. The molecule has 9 nitrogen and oxygen atoms in total. The Balaban J connectivity index is 2.46. The number of amides is 1. The average molecular weight is 519 g/mol. The monoisotopic (exact) mass is 518 g/mol. The third-order valence-electron chi connectivity index (χ3n) is 6.04. The van der Waals surface area contributed by atoms with Gasteiger partial charge >= 0.3 is 0 Å². The number of hydrazone groups is 1. The van der Waals surface area contributed by atoms with Gasteiger partial charge < -0.3 is 20.0 Å². The molecule has 1 atom stereocenters. The minimum atomic E-state index is -0.388. The molecule has 1 fully saturated rings. The summed E-state index contributed by atoms with van der Waals surface area (Å²) in [5, 5.41) is 9.75. The smallest absolute Gasteiger partial charge is 0.289 e. The second-order valence-corrected chi connectivity index (χ2v) is 9.34. The normalized spacial score (nSPS) is 19.3. The van der Waals surface area contributed by atoms with E-state index in [0.29, 0.717) is 31.2 Å². The van der Waals surface area contributed by atoms with Crippen LogP contribution < -0.4 is 5.32 Å². The first-order chi connectivity index (χ1) is 18.2. The third-order valence-corrected chi connectivity index (χ3v) is 6.04. The molecule has 0 bridgehead atoms. The highest BCUT2D eigenvalue weighted by molar-refractivity contribution is 6.38. The van der Waals surface area contributed by atoms with Crippen molar-refractivity contribution in [2.24, 2.45) is 21.0 Å². The van der Waals surface area contributed by atoms with E-state index in [1.54, 1.807) is 16.1 Å². The third kappa shape index (κ3) is 9.29. The molecule has 9 heteroatoms. The van der Waals surface area contributed by atoms with Gasteiger partial charge in [-0.1, -0.05) is 36.8 Å². The largest absolute Gasteiger partial charge is 0.358 e. The molecule has 204 valence electrons. The lowest BCUT2D eigenvalue weighted by atomic mass is 9.96. The Morgan fingerprint density at radius 1 is 1.26 bits per heavy atom. The molecule has 2 rings (SSSR count). The van der Waals surface area contributed by atoms with Gasteiger partial charge in [-0.3, -0.25) is 9.80 Å². The second-order valence-electron chi connectivity index (χ2n) is 9.34. The first-order valence-corrected chi connectivity index (χ1v) is 12.8. The Hall–Kier alpha value is -3.74. The van der Waals surface area contributed by atoms with E-state index in [9.17, 15) is 4.79 Å². The molecule has 1 unspecified atom stereocenters. The van der Waals surface area contributed by atoms with Gasteiger partial charge in [0.25, 0.3) is 5.91 Å². The van der Waals surface area contributed by atoms with Crippen molar-refractivity contribution in [3.8, 4) is 12.0 Å². The number of nitrogens with zero attached hydrogens (tertiary/aromatic N) is 7. The number of carbonyl (C=O) groups is 1. The summed E-state index contributed by atoms with van der Waals surface area (Å²) in [4.78, 5) is 28.1. The molecule has 0 aromatic rings. The fourth-order valence-corrected chi connectivity index (χ4v) is 3.64. The molecule has 2 heterocycles. The lowest BCUT2D eigenvalue weighted by Crippen LogP contribution is -2.51. The van der Waals surface area contributed by atoms with Gasteiger partial charge in [0.15, 0.2) is 5.84 Å². The highest BCUT2D eigenvalue weighted by atomic mass is 16.2. The lowest BCUT2D eigenvalue weighted by molar-refractivity contribution is -0.126. The predicted octanol–water partition coefficient (Wildman–Crippen LogP) is 2.37. The number of aliphatic imine (C=N–C) groups is 2. The molecule has 0 spiro atoms. The van der Waals surface area contributed by atoms with Gasteiger partial charge in [0, 0.05) is 59.9 Å². The van der Waals surface area contributed by atoms with Crippen molar-refractivity contribution in [3.05, 3.63) is 60.0 Å². The van der Waals surface area contributed by atoms with E-state index in [1.165, 1.54) is 0 Å². The number of hydrogen-bond acceptors (Lipinski definition) is 7. The Morgan fingerprint density at radius 2 is 1.97 bits per heavy atom. The predicted molar refractivity (Wildman–Crippen MR) is 159 cm³/mol. The number of hydrogen-bond donors (Lipinski definition) is 1. The van der Waals surface area contributed by atoms with Gasteiger partial charge in [-0.15, -0.1) is 0 Å². The molecule has 0 saturated carbocycles. The Kier molecular flexibility index (Phi) is 12.4. The second kappa shape index (κ2) is 15.5. The molecule has 1 amide bonds. The SMILES string of the molecule is C=C(/C=C\C=C/C)N(C)/N=C(\C(C)=C\CNC)C1C#CN=CC(N=C(C(=O)N2CCN(C)CC2)N(C)C)=C1. The number of nitrogens with one attached hydrogen (secondary N) is 1.